The van der Waals surface area contributed by atoms with Crippen molar-refractivity contribution in [3.63, 3.8) is 0 Å². The lowest BCUT2D eigenvalue weighted by molar-refractivity contribution is -0.145. The Kier molecular flexibility index (Phi) is 20.5. The summed E-state index contributed by atoms with van der Waals surface area (Å²) < 4.78 is 34.3. The molecule has 6 rings (SSSR count). The molecular weight excluding hydrogens is 875 g/mol. The van der Waals surface area contributed by atoms with Crippen LogP contribution in [0.25, 0.3) is 0 Å². The summed E-state index contributed by atoms with van der Waals surface area (Å²) in [6.07, 6.45) is 33.4. The zero-order chi connectivity index (χ0) is 50.4. The quantitative estimate of drug-likeness (QED) is 0.0622. The molecule has 2 saturated carbocycles. The fraction of sp³-hybridized carbons (Fsp3) is 0.714. The number of hydrogen-bond acceptors (Lipinski definition) is 10. The van der Waals surface area contributed by atoms with Crippen molar-refractivity contribution < 1.29 is 47.6 Å². The number of esters is 1. The highest BCUT2D eigenvalue weighted by Crippen LogP contribution is 2.47. The van der Waals surface area contributed by atoms with E-state index in [9.17, 15) is 19.2 Å². The van der Waals surface area contributed by atoms with Crippen molar-refractivity contribution in [3.05, 3.63) is 71.9 Å². The van der Waals surface area contributed by atoms with Gasteiger partial charge in [0.05, 0.1) is 47.8 Å². The van der Waals surface area contributed by atoms with Gasteiger partial charge in [-0.05, 0) is 144 Å². The summed E-state index contributed by atoms with van der Waals surface area (Å²) in [5.74, 6) is 0.806. The van der Waals surface area contributed by atoms with Crippen LogP contribution in [0.4, 0.5) is 4.79 Å². The van der Waals surface area contributed by atoms with Crippen molar-refractivity contribution in [3.8, 4) is 0 Å². The molecule has 386 valence electrons. The van der Waals surface area contributed by atoms with Crippen LogP contribution in [0.2, 0.25) is 0 Å². The van der Waals surface area contributed by atoms with Crippen LogP contribution in [0.1, 0.15) is 159 Å². The molecule has 0 radical (unpaired) electrons. The lowest BCUT2D eigenvalue weighted by Gasteiger charge is -2.38. The van der Waals surface area contributed by atoms with Crippen LogP contribution < -0.4 is 10.6 Å². The van der Waals surface area contributed by atoms with E-state index in [-0.39, 0.29) is 64.5 Å². The third-order valence-electron chi connectivity index (χ3n) is 14.1. The van der Waals surface area contributed by atoms with Crippen molar-refractivity contribution in [1.82, 2.24) is 15.5 Å². The van der Waals surface area contributed by atoms with Crippen molar-refractivity contribution in [1.29, 1.82) is 0 Å². The van der Waals surface area contributed by atoms with E-state index in [1.165, 1.54) is 28.2 Å². The largest absolute Gasteiger partial charge is 0.458 e. The maximum atomic E-state index is 12.2. The molecule has 0 aromatic heterocycles. The topological polar surface area (TPSA) is 158 Å². The molecule has 0 bridgehead atoms. The van der Waals surface area contributed by atoms with Gasteiger partial charge < -0.3 is 44.0 Å². The summed E-state index contributed by atoms with van der Waals surface area (Å²) in [4.78, 5) is 48.6. The highest BCUT2D eigenvalue weighted by molar-refractivity contribution is 5.88. The van der Waals surface area contributed by atoms with Crippen LogP contribution in [-0.4, -0.2) is 115 Å². The van der Waals surface area contributed by atoms with Crippen molar-refractivity contribution in [2.45, 2.75) is 218 Å². The lowest BCUT2D eigenvalue weighted by atomic mass is 9.83. The number of allylic oxidation sites excluding steroid dienone is 6. The molecule has 4 heterocycles. The maximum Gasteiger partial charge on any atom is 0.409 e. The minimum atomic E-state index is -0.449. The highest BCUT2D eigenvalue weighted by Gasteiger charge is 2.54. The van der Waals surface area contributed by atoms with Gasteiger partial charge in [0.15, 0.2) is 0 Å². The molecule has 13 heteroatoms. The molecule has 2 spiro atoms. The zero-order valence-electron chi connectivity index (χ0n) is 43.9. The molecule has 2 aliphatic carbocycles. The Hall–Kier alpha value is -4.04. The molecular formula is C56H87N3O10. The van der Waals surface area contributed by atoms with Gasteiger partial charge in [0, 0.05) is 70.4 Å². The average molecular weight is 962 g/mol. The van der Waals surface area contributed by atoms with Crippen molar-refractivity contribution >= 4 is 23.9 Å². The number of nitrogens with zero attached hydrogens (tertiary/aromatic N) is 1. The number of ether oxygens (including phenoxy) is 6. The summed E-state index contributed by atoms with van der Waals surface area (Å²) in [6.45, 7) is 19.9. The first-order chi connectivity index (χ1) is 32.5. The fourth-order valence-corrected chi connectivity index (χ4v) is 10.3. The fourth-order valence-electron chi connectivity index (χ4n) is 10.3. The SMILES string of the molecule is CC(/C=C/[C@@H]1C[C@]2(CO2)CC(C)(C)O1)=C\CC1CCC(NC(=O)/C=C\[C@H](C)OC(=O)N(C)C)CC1.CCC(=O)O[C@@H](C)/C=C\C(=O)NC1CCC(C/C=C(C)/C=C/[C@@H]2C[C@]3(CO3)CC(C)(C)O2)CC1. The van der Waals surface area contributed by atoms with Crippen LogP contribution in [0.15, 0.2) is 71.9 Å². The molecule has 0 aromatic carbocycles. The van der Waals surface area contributed by atoms with Gasteiger partial charge in [-0.15, -0.1) is 0 Å². The summed E-state index contributed by atoms with van der Waals surface area (Å²) in [7, 11) is 3.25. The maximum absolute atomic E-state index is 12.2. The Balaban J connectivity index is 0.000000258. The Morgan fingerprint density at radius 3 is 1.39 bits per heavy atom. The van der Waals surface area contributed by atoms with Gasteiger partial charge in [-0.1, -0.05) is 54.5 Å². The van der Waals surface area contributed by atoms with Gasteiger partial charge in [-0.25, -0.2) is 4.79 Å². The first kappa shape index (κ1) is 55.9. The molecule has 4 aliphatic heterocycles. The second kappa shape index (κ2) is 25.4. The van der Waals surface area contributed by atoms with Gasteiger partial charge in [-0.2, -0.15) is 0 Å². The standard InChI is InChI=1S/C28H44N2O5.C28H43NO5/c1-20(8-15-24-17-28(19-33-28)18-27(3,4)35-24)7-10-22-11-13-23(14-12-22)29-25(31)16-9-21(2)34-26(32)30(5)6;1-6-26(31)33-21(3)9-16-25(30)29-23-13-11-22(12-14-23)10-7-20(2)8-15-24-17-28(19-32-28)18-27(4,5)34-24/h7-9,15-16,21-24H,10-14,17-19H2,1-6H3,(H,29,31);7-9,15-16,21-24H,6,10-14,17-19H2,1-5H3,(H,29,30)/b2*15-8+,16-9-,20-7+/t2*21-,22?,23?,24+,28+/m00/s1. The van der Waals surface area contributed by atoms with Crippen molar-refractivity contribution in [2.24, 2.45) is 11.8 Å². The van der Waals surface area contributed by atoms with E-state index in [2.05, 4.69) is 88.6 Å². The van der Waals surface area contributed by atoms with Gasteiger partial charge in [-0.3, -0.25) is 14.4 Å². The predicted molar refractivity (Wildman–Crippen MR) is 270 cm³/mol. The third kappa shape index (κ3) is 20.3. The number of rotatable bonds is 17. The Morgan fingerprint density at radius 2 is 1.03 bits per heavy atom. The van der Waals surface area contributed by atoms with Crippen LogP contribution in [0, 0.1) is 11.8 Å². The minimum Gasteiger partial charge on any atom is -0.458 e. The lowest BCUT2D eigenvalue weighted by Crippen LogP contribution is -2.43. The molecule has 69 heavy (non-hydrogen) atoms. The number of carbonyl (C=O) groups is 4. The third-order valence-corrected chi connectivity index (χ3v) is 14.1. The first-order valence-electron chi connectivity index (χ1n) is 25.9. The monoisotopic (exact) mass is 962 g/mol. The van der Waals surface area contributed by atoms with Gasteiger partial charge >= 0.3 is 12.1 Å². The van der Waals surface area contributed by atoms with E-state index in [1.54, 1.807) is 47.0 Å². The molecule has 6 atom stereocenters. The van der Waals surface area contributed by atoms with Crippen LogP contribution in [0.5, 0.6) is 0 Å². The number of hydrogen-bond donors (Lipinski definition) is 2. The number of carbonyl (C=O) groups excluding carboxylic acids is 4. The Bertz CT molecular complexity index is 1890. The van der Waals surface area contributed by atoms with E-state index in [4.69, 9.17) is 28.4 Å². The van der Waals surface area contributed by atoms with E-state index in [0.717, 1.165) is 103 Å². The summed E-state index contributed by atoms with van der Waals surface area (Å²) in [6, 6.07) is 0.424. The summed E-state index contributed by atoms with van der Waals surface area (Å²) >= 11 is 0. The average Bonchev–Trinajstić information content (AvgIpc) is 4.22. The van der Waals surface area contributed by atoms with Gasteiger partial charge in [0.2, 0.25) is 11.8 Å². The zero-order valence-corrected chi connectivity index (χ0v) is 43.9. The molecule has 4 saturated heterocycles. The summed E-state index contributed by atoms with van der Waals surface area (Å²) in [5.41, 5.74) is 2.38. The van der Waals surface area contributed by atoms with E-state index in [0.29, 0.717) is 18.3 Å². The summed E-state index contributed by atoms with van der Waals surface area (Å²) in [5, 5.41) is 6.17. The molecule has 3 amide bonds. The minimum absolute atomic E-state index is 0.0510. The molecule has 13 nitrogen and oxygen atoms in total. The smallest absolute Gasteiger partial charge is 0.409 e. The van der Waals surface area contributed by atoms with Gasteiger partial charge in [0.1, 0.15) is 12.2 Å². The molecule has 0 aromatic rings. The van der Waals surface area contributed by atoms with Crippen LogP contribution in [0.3, 0.4) is 0 Å². The number of amides is 3. The highest BCUT2D eigenvalue weighted by atomic mass is 16.6. The molecule has 0 unspecified atom stereocenters. The van der Waals surface area contributed by atoms with E-state index < -0.39 is 18.3 Å². The second-order valence-electron chi connectivity index (χ2n) is 22.3. The second-order valence-corrected chi connectivity index (χ2v) is 22.3. The normalized spacial score (nSPS) is 31.8. The number of nitrogens with one attached hydrogen (secondary N) is 2. The van der Waals surface area contributed by atoms with Crippen LogP contribution >= 0.6 is 0 Å². The van der Waals surface area contributed by atoms with Crippen LogP contribution in [-0.2, 0) is 42.8 Å². The Morgan fingerprint density at radius 1 is 0.638 bits per heavy atom. The van der Waals surface area contributed by atoms with E-state index >= 15 is 0 Å². The number of epoxide rings is 2. The molecule has 6 fully saturated rings. The molecule has 2 N–H and O–H groups in total. The van der Waals surface area contributed by atoms with Crippen molar-refractivity contribution in [2.75, 3.05) is 27.3 Å². The first-order valence-corrected chi connectivity index (χ1v) is 25.9. The Labute approximate surface area is 414 Å². The predicted octanol–water partition coefficient (Wildman–Crippen LogP) is 10.1. The van der Waals surface area contributed by atoms with Gasteiger partial charge in [0.25, 0.3) is 0 Å². The molecule has 6 aliphatic rings. The van der Waals surface area contributed by atoms with E-state index in [1.807, 2.05) is 0 Å².